The summed E-state index contributed by atoms with van der Waals surface area (Å²) in [4.78, 5) is 24.9. The molecule has 2 N–H and O–H groups in total. The Bertz CT molecular complexity index is 752. The number of amides is 1. The number of halogens is 1. The number of nitrogens with zero attached hydrogens (tertiary/aromatic N) is 2. The second-order valence-electron chi connectivity index (χ2n) is 6.14. The number of nitrogens with two attached hydrogens (primary N) is 1. The van der Waals surface area contributed by atoms with Crippen LogP contribution < -0.4 is 15.4 Å². The highest BCUT2D eigenvalue weighted by atomic mass is 35.5. The number of aromatic nitrogens is 1. The number of hydrogen-bond donors (Lipinski definition) is 1. The fourth-order valence-electron chi connectivity index (χ4n) is 3.66. The van der Waals surface area contributed by atoms with Crippen molar-refractivity contribution in [2.24, 2.45) is 5.73 Å². The largest absolute Gasteiger partial charge is 0.543 e. The van der Waals surface area contributed by atoms with Crippen LogP contribution in [0.5, 0.6) is 0 Å². The van der Waals surface area contributed by atoms with E-state index in [0.717, 1.165) is 24.8 Å². The number of aryl methyl sites for hydroxylation is 1. The molecule has 2 atom stereocenters. The fraction of sp³-hybridized carbons (Fsp3) is 0.438. The number of carboxylic acid groups (broad SMARTS) is 1. The quantitative estimate of drug-likeness (QED) is 0.554. The molecule has 3 aliphatic rings. The Balaban J connectivity index is 0.00000169. The van der Waals surface area contributed by atoms with E-state index in [-0.39, 0.29) is 29.4 Å². The van der Waals surface area contributed by atoms with E-state index < -0.39 is 12.0 Å². The van der Waals surface area contributed by atoms with Crippen LogP contribution in [0.4, 0.5) is 0 Å². The molecule has 0 bridgehead atoms. The van der Waals surface area contributed by atoms with Crippen molar-refractivity contribution in [2.45, 2.75) is 37.2 Å². The molecule has 1 aromatic rings. The predicted molar refractivity (Wildman–Crippen MR) is 89.0 cm³/mol. The molecule has 3 heterocycles. The SMILES string of the molecule is Cl.N[C@@H]1C(=O)N2C(C(=O)[O-])=C(C[n+]3cccc4c3CCC4)CS[C@H]12. The van der Waals surface area contributed by atoms with E-state index in [1.165, 1.54) is 27.9 Å². The van der Waals surface area contributed by atoms with E-state index in [0.29, 0.717) is 12.3 Å². The number of thioether (sulfide) groups is 1. The molecule has 24 heavy (non-hydrogen) atoms. The molecule has 1 aromatic heterocycles. The van der Waals surface area contributed by atoms with E-state index >= 15 is 0 Å². The molecule has 1 saturated heterocycles. The first-order chi connectivity index (χ1) is 11.1. The molecule has 0 spiro atoms. The standard InChI is InChI=1S/C16H17N3O3S.ClH/c17-12-14(20)19-13(16(21)22)10(8-23-15(12)19)7-18-6-2-4-9-3-1-5-11(9)18;/h2,4,6,12,15H,1,3,5,7-8,17H2;1H/t12-,15-;/m1./s1. The van der Waals surface area contributed by atoms with Gasteiger partial charge in [0.1, 0.15) is 11.4 Å². The molecule has 0 radical (unpaired) electrons. The van der Waals surface area contributed by atoms with Gasteiger partial charge in [0.2, 0.25) is 5.91 Å². The Morgan fingerprint density at radius 1 is 1.46 bits per heavy atom. The average molecular weight is 368 g/mol. The van der Waals surface area contributed by atoms with E-state index in [1.54, 1.807) is 0 Å². The molecule has 1 aliphatic carbocycles. The summed E-state index contributed by atoms with van der Waals surface area (Å²) in [5, 5.41) is 11.3. The molecule has 128 valence electrons. The maximum Gasteiger partial charge on any atom is 0.248 e. The summed E-state index contributed by atoms with van der Waals surface area (Å²) in [5.41, 5.74) is 9.08. The van der Waals surface area contributed by atoms with Crippen molar-refractivity contribution in [3.05, 3.63) is 40.9 Å². The lowest BCUT2D eigenvalue weighted by atomic mass is 10.0. The molecule has 8 heteroatoms. The van der Waals surface area contributed by atoms with Gasteiger partial charge in [-0.15, -0.1) is 24.2 Å². The number of β-lactam (4-membered cyclic amide) rings is 1. The second kappa shape index (κ2) is 6.38. The first kappa shape index (κ1) is 17.3. The van der Waals surface area contributed by atoms with Gasteiger partial charge >= 0.3 is 0 Å². The summed E-state index contributed by atoms with van der Waals surface area (Å²) in [7, 11) is 0. The Morgan fingerprint density at radius 2 is 2.25 bits per heavy atom. The maximum absolute atomic E-state index is 12.0. The molecular formula is C16H18ClN3O3S. The lowest BCUT2D eigenvalue weighted by Gasteiger charge is -2.49. The summed E-state index contributed by atoms with van der Waals surface area (Å²) in [6.45, 7) is 0.477. The van der Waals surface area contributed by atoms with Crippen molar-refractivity contribution >= 4 is 36.0 Å². The van der Waals surface area contributed by atoms with Gasteiger partial charge in [0, 0.05) is 29.4 Å². The van der Waals surface area contributed by atoms with Gasteiger partial charge in [-0.25, -0.2) is 0 Å². The normalized spacial score (nSPS) is 24.9. The highest BCUT2D eigenvalue weighted by Crippen LogP contribution is 2.39. The molecule has 1 fully saturated rings. The average Bonchev–Trinajstić information content (AvgIpc) is 3.03. The zero-order valence-electron chi connectivity index (χ0n) is 12.9. The Hall–Kier alpha value is -1.57. The van der Waals surface area contributed by atoms with Crippen LogP contribution in [0.3, 0.4) is 0 Å². The van der Waals surface area contributed by atoms with E-state index in [2.05, 4.69) is 10.6 Å². The van der Waals surface area contributed by atoms with E-state index in [9.17, 15) is 14.7 Å². The summed E-state index contributed by atoms with van der Waals surface area (Å²) in [6.07, 6.45) is 5.18. The van der Waals surface area contributed by atoms with Gasteiger partial charge in [0.15, 0.2) is 18.4 Å². The topological polar surface area (TPSA) is 90.3 Å². The van der Waals surface area contributed by atoms with Gasteiger partial charge in [-0.1, -0.05) is 0 Å². The molecule has 0 saturated carbocycles. The van der Waals surface area contributed by atoms with Gasteiger partial charge < -0.3 is 15.6 Å². The smallest absolute Gasteiger partial charge is 0.248 e. The van der Waals surface area contributed by atoms with Crippen LogP contribution in [0.1, 0.15) is 17.7 Å². The molecular weight excluding hydrogens is 350 g/mol. The monoisotopic (exact) mass is 367 g/mol. The van der Waals surface area contributed by atoms with Crippen molar-refractivity contribution in [3.8, 4) is 0 Å². The number of carboxylic acids is 1. The number of carbonyl (C=O) groups excluding carboxylic acids is 2. The number of hydrogen-bond acceptors (Lipinski definition) is 5. The van der Waals surface area contributed by atoms with Crippen LogP contribution >= 0.6 is 24.2 Å². The molecule has 1 amide bonds. The Morgan fingerprint density at radius 3 is 3.00 bits per heavy atom. The predicted octanol–water partition coefficient (Wildman–Crippen LogP) is -0.869. The Labute approximate surface area is 150 Å². The van der Waals surface area contributed by atoms with Crippen LogP contribution in [0.25, 0.3) is 0 Å². The summed E-state index contributed by atoms with van der Waals surface area (Å²) in [5.74, 6) is -1.07. The third-order valence-electron chi connectivity index (χ3n) is 4.78. The van der Waals surface area contributed by atoms with Crippen molar-refractivity contribution < 1.29 is 19.3 Å². The zero-order valence-corrected chi connectivity index (χ0v) is 14.6. The number of pyridine rings is 1. The van der Waals surface area contributed by atoms with Crippen LogP contribution in [-0.4, -0.2) is 33.9 Å². The number of fused-ring (bicyclic) bond motifs is 2. The van der Waals surface area contributed by atoms with E-state index in [1.807, 2.05) is 12.3 Å². The van der Waals surface area contributed by atoms with Crippen LogP contribution in [0.15, 0.2) is 29.6 Å². The van der Waals surface area contributed by atoms with E-state index in [4.69, 9.17) is 5.73 Å². The van der Waals surface area contributed by atoms with Gasteiger partial charge in [0.25, 0.3) is 0 Å². The highest BCUT2D eigenvalue weighted by molar-refractivity contribution is 8.00. The minimum absolute atomic E-state index is 0. The number of aliphatic carboxylic acids is 1. The fourth-order valence-corrected chi connectivity index (χ4v) is 4.94. The minimum Gasteiger partial charge on any atom is -0.543 e. The first-order valence-electron chi connectivity index (χ1n) is 7.72. The molecule has 4 rings (SSSR count). The van der Waals surface area contributed by atoms with Crippen LogP contribution in [-0.2, 0) is 29.0 Å². The van der Waals surface area contributed by atoms with Crippen LogP contribution in [0.2, 0.25) is 0 Å². The molecule has 2 aliphatic heterocycles. The first-order valence-corrected chi connectivity index (χ1v) is 8.76. The van der Waals surface area contributed by atoms with Crippen molar-refractivity contribution in [3.63, 3.8) is 0 Å². The van der Waals surface area contributed by atoms with Gasteiger partial charge in [-0.2, -0.15) is 4.57 Å². The summed E-state index contributed by atoms with van der Waals surface area (Å²) in [6, 6.07) is 3.51. The molecule has 6 nitrogen and oxygen atoms in total. The summed E-state index contributed by atoms with van der Waals surface area (Å²) < 4.78 is 2.10. The minimum atomic E-state index is -1.29. The van der Waals surface area contributed by atoms with Crippen molar-refractivity contribution in [1.82, 2.24) is 4.90 Å². The number of carbonyl (C=O) groups is 2. The second-order valence-corrected chi connectivity index (χ2v) is 7.24. The molecule has 0 aromatic carbocycles. The third kappa shape index (κ3) is 2.51. The van der Waals surface area contributed by atoms with Gasteiger partial charge in [-0.05, 0) is 18.9 Å². The Kier molecular flexibility index (Phi) is 4.59. The zero-order chi connectivity index (χ0) is 16.1. The van der Waals surface area contributed by atoms with Crippen LogP contribution in [0, 0.1) is 0 Å². The number of rotatable bonds is 3. The molecule has 0 unspecified atom stereocenters. The van der Waals surface area contributed by atoms with Gasteiger partial charge in [0.05, 0.1) is 11.7 Å². The highest BCUT2D eigenvalue weighted by Gasteiger charge is 2.50. The van der Waals surface area contributed by atoms with Crippen molar-refractivity contribution in [2.75, 3.05) is 5.75 Å². The maximum atomic E-state index is 12.0. The lowest BCUT2D eigenvalue weighted by Crippen LogP contribution is -2.69. The lowest BCUT2D eigenvalue weighted by molar-refractivity contribution is -0.696. The summed E-state index contributed by atoms with van der Waals surface area (Å²) >= 11 is 1.52. The third-order valence-corrected chi connectivity index (χ3v) is 6.14. The van der Waals surface area contributed by atoms with Gasteiger partial charge in [-0.3, -0.25) is 9.69 Å². The van der Waals surface area contributed by atoms with Crippen molar-refractivity contribution in [1.29, 1.82) is 0 Å².